The van der Waals surface area contributed by atoms with Crippen LogP contribution in [-0.2, 0) is 12.8 Å². The van der Waals surface area contributed by atoms with Gasteiger partial charge in [-0.1, -0.05) is 30.1 Å². The first-order chi connectivity index (χ1) is 15.2. The highest BCUT2D eigenvalue weighted by atomic mass is 35.5. The standard InChI is InChI=1S/C22H19Cl2N3O3S2/c1-10-2-4-12-17(8-10)32-21(18(12)19(25)28)27-22(31)26-20(29)16-7-6-15(30-16)11-3-5-13(23)14(24)9-11/h3,5-7,9-10H,2,4,8H2,1H3,(H2,25,28)(H2,26,27,29,31). The highest BCUT2D eigenvalue weighted by Gasteiger charge is 2.27. The maximum absolute atomic E-state index is 12.6. The third-order valence-electron chi connectivity index (χ3n) is 5.25. The van der Waals surface area contributed by atoms with Crippen molar-refractivity contribution < 1.29 is 14.0 Å². The zero-order valence-electron chi connectivity index (χ0n) is 17.0. The van der Waals surface area contributed by atoms with Crippen LogP contribution in [0.25, 0.3) is 11.3 Å². The van der Waals surface area contributed by atoms with Crippen molar-refractivity contribution in [1.29, 1.82) is 0 Å². The number of benzene rings is 1. The van der Waals surface area contributed by atoms with Crippen LogP contribution in [-0.4, -0.2) is 16.9 Å². The van der Waals surface area contributed by atoms with Gasteiger partial charge in [-0.2, -0.15) is 0 Å². The Balaban J connectivity index is 1.47. The summed E-state index contributed by atoms with van der Waals surface area (Å²) in [6.07, 6.45) is 2.70. The van der Waals surface area contributed by atoms with Gasteiger partial charge in [-0.05, 0) is 73.3 Å². The molecule has 0 radical (unpaired) electrons. The van der Waals surface area contributed by atoms with Gasteiger partial charge in [0.15, 0.2) is 10.9 Å². The minimum absolute atomic E-state index is 0.0524. The summed E-state index contributed by atoms with van der Waals surface area (Å²) in [5.74, 6) is 0.0497. The molecule has 2 heterocycles. The molecule has 2 aromatic heterocycles. The molecule has 1 aliphatic carbocycles. The van der Waals surface area contributed by atoms with Crippen molar-refractivity contribution in [2.24, 2.45) is 11.7 Å². The Hall–Kier alpha value is -2.39. The molecular weight excluding hydrogens is 489 g/mol. The lowest BCUT2D eigenvalue weighted by molar-refractivity contribution is 0.0950. The number of primary amides is 1. The maximum atomic E-state index is 12.6. The number of thiophene rings is 1. The molecule has 0 spiro atoms. The molecule has 1 atom stereocenters. The van der Waals surface area contributed by atoms with Crippen LogP contribution < -0.4 is 16.4 Å². The second kappa shape index (κ2) is 9.23. The topological polar surface area (TPSA) is 97.4 Å². The van der Waals surface area contributed by atoms with Crippen LogP contribution in [0, 0.1) is 5.92 Å². The normalized spacial score (nSPS) is 15.2. The van der Waals surface area contributed by atoms with Gasteiger partial charge in [0.2, 0.25) is 0 Å². The van der Waals surface area contributed by atoms with E-state index in [4.69, 9.17) is 45.6 Å². The Morgan fingerprint density at radius 2 is 2.00 bits per heavy atom. The van der Waals surface area contributed by atoms with Gasteiger partial charge in [0.25, 0.3) is 11.8 Å². The van der Waals surface area contributed by atoms with Crippen molar-refractivity contribution in [2.45, 2.75) is 26.2 Å². The summed E-state index contributed by atoms with van der Waals surface area (Å²) < 4.78 is 5.64. The first kappa shape index (κ1) is 22.8. The van der Waals surface area contributed by atoms with E-state index >= 15 is 0 Å². The molecular formula is C22H19Cl2N3O3S2. The number of anilines is 1. The van der Waals surface area contributed by atoms with Gasteiger partial charge >= 0.3 is 0 Å². The van der Waals surface area contributed by atoms with Crippen LogP contribution in [0.5, 0.6) is 0 Å². The lowest BCUT2D eigenvalue weighted by atomic mass is 9.88. The lowest BCUT2D eigenvalue weighted by Crippen LogP contribution is -2.34. The van der Waals surface area contributed by atoms with Crippen LogP contribution in [0.15, 0.2) is 34.7 Å². The summed E-state index contributed by atoms with van der Waals surface area (Å²) in [7, 11) is 0. The average Bonchev–Trinajstić information content (AvgIpc) is 3.34. The second-order valence-electron chi connectivity index (χ2n) is 7.62. The number of furan rings is 1. The second-order valence-corrected chi connectivity index (χ2v) is 9.95. The molecule has 4 N–H and O–H groups in total. The molecule has 166 valence electrons. The molecule has 1 aliphatic rings. The highest BCUT2D eigenvalue weighted by Crippen LogP contribution is 2.39. The van der Waals surface area contributed by atoms with Crippen molar-refractivity contribution in [3.05, 3.63) is 62.1 Å². The minimum Gasteiger partial charge on any atom is -0.451 e. The van der Waals surface area contributed by atoms with E-state index in [2.05, 4.69) is 17.6 Å². The van der Waals surface area contributed by atoms with Crippen LogP contribution in [0.4, 0.5) is 5.00 Å². The third-order valence-corrected chi connectivity index (χ3v) is 7.36. The predicted octanol–water partition coefficient (Wildman–Crippen LogP) is 5.67. The molecule has 3 aromatic rings. The summed E-state index contributed by atoms with van der Waals surface area (Å²) in [6, 6.07) is 8.24. The summed E-state index contributed by atoms with van der Waals surface area (Å²) in [5, 5.41) is 6.96. The Morgan fingerprint density at radius 3 is 2.72 bits per heavy atom. The quantitative estimate of drug-likeness (QED) is 0.395. The first-order valence-electron chi connectivity index (χ1n) is 9.85. The fourth-order valence-electron chi connectivity index (χ4n) is 3.66. The van der Waals surface area contributed by atoms with Crippen LogP contribution in [0.2, 0.25) is 10.0 Å². The number of carbonyl (C=O) groups is 2. The number of carbonyl (C=O) groups excluding carboxylic acids is 2. The van der Waals surface area contributed by atoms with E-state index in [-0.39, 0.29) is 10.9 Å². The number of nitrogens with one attached hydrogen (secondary N) is 2. The summed E-state index contributed by atoms with van der Waals surface area (Å²) >= 11 is 18.7. The zero-order chi connectivity index (χ0) is 23.0. The molecule has 1 unspecified atom stereocenters. The largest absolute Gasteiger partial charge is 0.451 e. The molecule has 0 saturated carbocycles. The number of nitrogens with two attached hydrogens (primary N) is 1. The summed E-state index contributed by atoms with van der Waals surface area (Å²) in [6.45, 7) is 2.18. The molecule has 0 saturated heterocycles. The Bertz CT molecular complexity index is 1240. The molecule has 0 aliphatic heterocycles. The molecule has 0 fully saturated rings. The molecule has 4 rings (SSSR count). The zero-order valence-corrected chi connectivity index (χ0v) is 20.1. The van der Waals surface area contributed by atoms with Gasteiger partial charge in [-0.15, -0.1) is 11.3 Å². The molecule has 10 heteroatoms. The van der Waals surface area contributed by atoms with Crippen molar-refractivity contribution in [3.8, 4) is 11.3 Å². The lowest BCUT2D eigenvalue weighted by Gasteiger charge is -2.18. The number of hydrogen-bond acceptors (Lipinski definition) is 5. The summed E-state index contributed by atoms with van der Waals surface area (Å²) in [5.41, 5.74) is 7.75. The van der Waals surface area contributed by atoms with Crippen molar-refractivity contribution in [3.63, 3.8) is 0 Å². The van der Waals surface area contributed by atoms with Crippen molar-refractivity contribution in [1.82, 2.24) is 5.32 Å². The number of fused-ring (bicyclic) bond motifs is 1. The smallest absolute Gasteiger partial charge is 0.293 e. The number of rotatable bonds is 4. The average molecular weight is 508 g/mol. The van der Waals surface area contributed by atoms with E-state index in [1.54, 1.807) is 24.3 Å². The van der Waals surface area contributed by atoms with Crippen LogP contribution in [0.1, 0.15) is 44.7 Å². The van der Waals surface area contributed by atoms with Crippen LogP contribution >= 0.6 is 46.8 Å². The van der Waals surface area contributed by atoms with Gasteiger partial charge in [-0.25, -0.2) is 0 Å². The Labute approximate surface area is 204 Å². The van der Waals surface area contributed by atoms with Crippen molar-refractivity contribution >= 4 is 68.7 Å². The van der Waals surface area contributed by atoms with E-state index in [1.807, 2.05) is 0 Å². The van der Waals surface area contributed by atoms with E-state index in [0.29, 0.717) is 37.9 Å². The maximum Gasteiger partial charge on any atom is 0.293 e. The molecule has 6 nitrogen and oxygen atoms in total. The summed E-state index contributed by atoms with van der Waals surface area (Å²) in [4.78, 5) is 25.8. The number of amides is 2. The SMILES string of the molecule is CC1CCc2c(sc(NC(=S)NC(=O)c3ccc(-c4ccc(Cl)c(Cl)c4)o3)c2C(N)=O)C1. The van der Waals surface area contributed by atoms with Crippen LogP contribution in [0.3, 0.4) is 0 Å². The van der Waals surface area contributed by atoms with E-state index in [9.17, 15) is 9.59 Å². The molecule has 0 bridgehead atoms. The van der Waals surface area contributed by atoms with Gasteiger partial charge < -0.3 is 15.5 Å². The number of hydrogen-bond donors (Lipinski definition) is 3. The van der Waals surface area contributed by atoms with E-state index in [1.165, 1.54) is 17.4 Å². The van der Waals surface area contributed by atoms with Gasteiger partial charge in [0.05, 0.1) is 15.6 Å². The number of thiocarbonyl (C=S) groups is 1. The number of halogens is 2. The van der Waals surface area contributed by atoms with Crippen molar-refractivity contribution in [2.75, 3.05) is 5.32 Å². The van der Waals surface area contributed by atoms with E-state index < -0.39 is 11.8 Å². The van der Waals surface area contributed by atoms with E-state index in [0.717, 1.165) is 29.7 Å². The van der Waals surface area contributed by atoms with Gasteiger partial charge in [-0.3, -0.25) is 14.9 Å². The monoisotopic (exact) mass is 507 g/mol. The molecule has 1 aromatic carbocycles. The molecule has 2 amide bonds. The van der Waals surface area contributed by atoms with Gasteiger partial charge in [0, 0.05) is 10.4 Å². The first-order valence-corrected chi connectivity index (χ1v) is 11.8. The fourth-order valence-corrected chi connectivity index (χ4v) is 5.64. The predicted molar refractivity (Wildman–Crippen MR) is 132 cm³/mol. The Morgan fingerprint density at radius 1 is 1.22 bits per heavy atom. The highest BCUT2D eigenvalue weighted by molar-refractivity contribution is 7.80. The fraction of sp³-hybridized carbons (Fsp3) is 0.227. The van der Waals surface area contributed by atoms with Gasteiger partial charge in [0.1, 0.15) is 10.8 Å². The third kappa shape index (κ3) is 4.68. The minimum atomic E-state index is -0.524. The Kier molecular flexibility index (Phi) is 6.57. The molecule has 32 heavy (non-hydrogen) atoms.